The minimum absolute atomic E-state index is 0.741. The lowest BCUT2D eigenvalue weighted by Gasteiger charge is -2.60. The summed E-state index contributed by atoms with van der Waals surface area (Å²) in [4.78, 5) is 0. The fourth-order valence-electron chi connectivity index (χ4n) is 7.29. The highest BCUT2D eigenvalue weighted by molar-refractivity contribution is 5.06. The van der Waals surface area contributed by atoms with Gasteiger partial charge in [0, 0.05) is 0 Å². The highest BCUT2D eigenvalue weighted by atomic mass is 14.6. The Morgan fingerprint density at radius 3 is 2.47 bits per heavy atom. The minimum Gasteiger partial charge on any atom is -0.0594 e. The lowest BCUT2D eigenvalue weighted by molar-refractivity contribution is -0.103. The van der Waals surface area contributed by atoms with Crippen LogP contribution < -0.4 is 0 Å². The van der Waals surface area contributed by atoms with Crippen LogP contribution in [-0.2, 0) is 0 Å². The lowest BCUT2D eigenvalue weighted by atomic mass is 9.45. The summed E-state index contributed by atoms with van der Waals surface area (Å²) in [5, 5.41) is 0. The van der Waals surface area contributed by atoms with Gasteiger partial charge in [-0.1, -0.05) is 33.1 Å². The van der Waals surface area contributed by atoms with Crippen molar-refractivity contribution in [2.24, 2.45) is 34.5 Å². The summed E-state index contributed by atoms with van der Waals surface area (Å²) in [5.74, 6) is 4.41. The molecular weight excluding hydrogens is 228 g/mol. The maximum Gasteiger partial charge on any atom is -0.0266 e. The van der Waals surface area contributed by atoms with Crippen molar-refractivity contribution in [1.29, 1.82) is 0 Å². The van der Waals surface area contributed by atoms with Crippen molar-refractivity contribution in [1.82, 2.24) is 0 Å². The van der Waals surface area contributed by atoms with Crippen molar-refractivity contribution < 1.29 is 0 Å². The SMILES string of the molecule is C[C@@]12CCC[C@H]1[C@@H]1CCC3CCCC[C@@]3(C)[C@@H]1CC2. The molecule has 0 aromatic rings. The summed E-state index contributed by atoms with van der Waals surface area (Å²) >= 11 is 0. The second-order valence-corrected chi connectivity index (χ2v) is 8.99. The molecule has 0 aromatic carbocycles. The van der Waals surface area contributed by atoms with Crippen molar-refractivity contribution in [3.05, 3.63) is 0 Å². The molecule has 0 amide bonds. The van der Waals surface area contributed by atoms with Crippen LogP contribution in [0.4, 0.5) is 0 Å². The predicted octanol–water partition coefficient (Wildman–Crippen LogP) is 5.81. The zero-order chi connectivity index (χ0) is 13.1. The maximum atomic E-state index is 2.70. The third kappa shape index (κ3) is 1.70. The first kappa shape index (κ1) is 12.7. The van der Waals surface area contributed by atoms with Crippen LogP contribution in [0.25, 0.3) is 0 Å². The van der Waals surface area contributed by atoms with Gasteiger partial charge >= 0.3 is 0 Å². The van der Waals surface area contributed by atoms with Crippen LogP contribution in [0.3, 0.4) is 0 Å². The molecule has 0 heterocycles. The Kier molecular flexibility index (Phi) is 2.84. The molecule has 0 radical (unpaired) electrons. The van der Waals surface area contributed by atoms with Crippen molar-refractivity contribution in [3.63, 3.8) is 0 Å². The van der Waals surface area contributed by atoms with E-state index in [2.05, 4.69) is 13.8 Å². The fraction of sp³-hybridized carbons (Fsp3) is 1.00. The van der Waals surface area contributed by atoms with Gasteiger partial charge in [-0.25, -0.2) is 0 Å². The molecule has 0 bridgehead atoms. The van der Waals surface area contributed by atoms with Gasteiger partial charge < -0.3 is 0 Å². The number of fused-ring (bicyclic) bond motifs is 5. The molecule has 0 aromatic heterocycles. The van der Waals surface area contributed by atoms with Crippen LogP contribution in [-0.4, -0.2) is 0 Å². The molecule has 6 atom stereocenters. The molecule has 0 N–H and O–H groups in total. The van der Waals surface area contributed by atoms with E-state index in [1.165, 1.54) is 19.3 Å². The Morgan fingerprint density at radius 1 is 0.684 bits per heavy atom. The monoisotopic (exact) mass is 260 g/mol. The third-order valence-corrected chi connectivity index (χ3v) is 8.36. The van der Waals surface area contributed by atoms with Gasteiger partial charge in [-0.15, -0.1) is 0 Å². The van der Waals surface area contributed by atoms with Gasteiger partial charge in [0.25, 0.3) is 0 Å². The molecule has 4 aliphatic carbocycles. The van der Waals surface area contributed by atoms with Crippen molar-refractivity contribution in [2.75, 3.05) is 0 Å². The first-order chi connectivity index (χ1) is 9.13. The molecule has 4 rings (SSSR count). The minimum atomic E-state index is 0.741. The van der Waals surface area contributed by atoms with Gasteiger partial charge in [-0.2, -0.15) is 0 Å². The number of hydrogen-bond acceptors (Lipinski definition) is 0. The Labute approximate surface area is 119 Å². The van der Waals surface area contributed by atoms with Crippen LogP contribution in [0, 0.1) is 34.5 Å². The average Bonchev–Trinajstić information content (AvgIpc) is 2.79. The molecule has 4 fully saturated rings. The smallest absolute Gasteiger partial charge is 0.0266 e. The Balaban J connectivity index is 1.64. The van der Waals surface area contributed by atoms with Gasteiger partial charge in [-0.05, 0) is 85.9 Å². The van der Waals surface area contributed by atoms with Crippen molar-refractivity contribution in [3.8, 4) is 0 Å². The normalized spacial score (nSPS) is 57.2. The topological polar surface area (TPSA) is 0 Å². The van der Waals surface area contributed by atoms with Crippen molar-refractivity contribution in [2.45, 2.75) is 84.5 Å². The molecule has 0 spiro atoms. The van der Waals surface area contributed by atoms with E-state index in [0.29, 0.717) is 0 Å². The molecule has 1 unspecified atom stereocenters. The van der Waals surface area contributed by atoms with Gasteiger partial charge in [0.05, 0.1) is 0 Å². The predicted molar refractivity (Wildman–Crippen MR) is 81.0 cm³/mol. The molecule has 19 heavy (non-hydrogen) atoms. The molecule has 0 heteroatoms. The highest BCUT2D eigenvalue weighted by Crippen LogP contribution is 2.66. The molecular formula is C19H32. The van der Waals surface area contributed by atoms with E-state index in [0.717, 1.165) is 34.5 Å². The zero-order valence-electron chi connectivity index (χ0n) is 13.1. The maximum absolute atomic E-state index is 2.70. The molecule has 0 saturated heterocycles. The number of hydrogen-bond donors (Lipinski definition) is 0. The summed E-state index contributed by atoms with van der Waals surface area (Å²) in [6, 6.07) is 0. The average molecular weight is 260 g/mol. The lowest BCUT2D eigenvalue weighted by Crippen LogP contribution is -2.51. The van der Waals surface area contributed by atoms with E-state index in [4.69, 9.17) is 0 Å². The second kappa shape index (κ2) is 4.25. The van der Waals surface area contributed by atoms with Gasteiger partial charge in [0.1, 0.15) is 0 Å². The Hall–Kier alpha value is 0. The highest BCUT2D eigenvalue weighted by Gasteiger charge is 2.56. The third-order valence-electron chi connectivity index (χ3n) is 8.36. The van der Waals surface area contributed by atoms with Gasteiger partial charge in [0.15, 0.2) is 0 Å². The van der Waals surface area contributed by atoms with E-state index in [-0.39, 0.29) is 0 Å². The van der Waals surface area contributed by atoms with E-state index in [9.17, 15) is 0 Å². The van der Waals surface area contributed by atoms with Crippen LogP contribution in [0.5, 0.6) is 0 Å². The molecule has 0 aliphatic heterocycles. The molecule has 0 nitrogen and oxygen atoms in total. The standard InChI is InChI=1S/C19H32/c1-18-11-5-7-16(18)15-9-8-14-6-3-4-12-19(14,2)17(15)10-13-18/h14-17H,3-13H2,1-2H3/t14?,15-,16-,17+,18-,19+/m0/s1. The van der Waals surface area contributed by atoms with Gasteiger partial charge in [-0.3, -0.25) is 0 Å². The van der Waals surface area contributed by atoms with E-state index in [1.807, 2.05) is 0 Å². The molecule has 4 saturated carbocycles. The summed E-state index contributed by atoms with van der Waals surface area (Å²) < 4.78 is 0. The Bertz CT molecular complexity index is 359. The van der Waals surface area contributed by atoms with Crippen LogP contribution in [0.1, 0.15) is 84.5 Å². The molecule has 108 valence electrons. The first-order valence-corrected chi connectivity index (χ1v) is 9.13. The quantitative estimate of drug-likeness (QED) is 0.515. The van der Waals surface area contributed by atoms with Gasteiger partial charge in [0.2, 0.25) is 0 Å². The van der Waals surface area contributed by atoms with E-state index in [1.54, 1.807) is 51.4 Å². The van der Waals surface area contributed by atoms with Crippen LogP contribution in [0.15, 0.2) is 0 Å². The summed E-state index contributed by atoms with van der Waals surface area (Å²) in [6.45, 7) is 5.33. The van der Waals surface area contributed by atoms with Crippen LogP contribution >= 0.6 is 0 Å². The largest absolute Gasteiger partial charge is 0.0594 e. The van der Waals surface area contributed by atoms with E-state index >= 15 is 0 Å². The van der Waals surface area contributed by atoms with E-state index < -0.39 is 0 Å². The second-order valence-electron chi connectivity index (χ2n) is 8.99. The summed E-state index contributed by atoms with van der Waals surface area (Å²) in [6.07, 6.45) is 17.1. The molecule has 4 aliphatic rings. The zero-order valence-corrected chi connectivity index (χ0v) is 13.1. The first-order valence-electron chi connectivity index (χ1n) is 9.13. The summed E-state index contributed by atoms with van der Waals surface area (Å²) in [5.41, 5.74) is 1.49. The Morgan fingerprint density at radius 2 is 1.58 bits per heavy atom. The van der Waals surface area contributed by atoms with Crippen LogP contribution in [0.2, 0.25) is 0 Å². The summed E-state index contributed by atoms with van der Waals surface area (Å²) in [7, 11) is 0. The fourth-order valence-corrected chi connectivity index (χ4v) is 7.29. The number of rotatable bonds is 0. The van der Waals surface area contributed by atoms with Crippen molar-refractivity contribution >= 4 is 0 Å².